The van der Waals surface area contributed by atoms with Gasteiger partial charge in [-0.25, -0.2) is 0 Å². The van der Waals surface area contributed by atoms with Crippen molar-refractivity contribution in [1.29, 1.82) is 0 Å². The van der Waals surface area contributed by atoms with E-state index in [4.69, 9.17) is 40.0 Å². The van der Waals surface area contributed by atoms with E-state index in [1.807, 2.05) is 0 Å². The monoisotopic (exact) mass is 204 g/mol. The number of hydrogen-bond donors (Lipinski definition) is 0. The summed E-state index contributed by atoms with van der Waals surface area (Å²) in [7, 11) is 0. The van der Waals surface area contributed by atoms with Crippen molar-refractivity contribution in [2.45, 2.75) is 0 Å². The zero-order valence-corrected chi connectivity index (χ0v) is 7.28. The Morgan fingerprint density at radius 3 is 0.923 bits per heavy atom. The molecule has 0 atom stereocenters. The molecule has 0 spiro atoms. The van der Waals surface area contributed by atoms with Gasteiger partial charge >= 0.3 is 35.2 Å². The fourth-order valence-corrected chi connectivity index (χ4v) is 0. The van der Waals surface area contributed by atoms with Gasteiger partial charge in [-0.2, -0.15) is 0 Å². The topological polar surface area (TPSA) is 167 Å². The zero-order valence-electron chi connectivity index (χ0n) is 5.87. The Bertz CT molecular complexity index is 176. The van der Waals surface area contributed by atoms with Crippen LogP contribution in [0.15, 0.2) is 0 Å². The van der Waals surface area contributed by atoms with Gasteiger partial charge < -0.3 is 19.8 Å². The molecule has 0 heterocycles. The van der Waals surface area contributed by atoms with Gasteiger partial charge in [0.05, 0.1) is 9.85 Å². The van der Waals surface area contributed by atoms with Crippen molar-refractivity contribution in [2.75, 3.05) is 0 Å². The second-order valence-electron chi connectivity index (χ2n) is 1.05. The van der Waals surface area contributed by atoms with Crippen LogP contribution in [0.1, 0.15) is 0 Å². The fourth-order valence-electron chi connectivity index (χ4n) is 0. The van der Waals surface area contributed by atoms with E-state index in [1.54, 1.807) is 0 Å². The zero-order chi connectivity index (χ0) is 10.3. The standard InChI is InChI=1S/2CHNO4.Mg/c2*3-1(4)2(5)6;/h2*(H,3,4);/q;;+2/p-2. The van der Waals surface area contributed by atoms with Crippen LogP contribution in [0.5, 0.6) is 0 Å². The van der Waals surface area contributed by atoms with E-state index >= 15 is 0 Å². The Balaban J connectivity index is -0.000000143. The molecule has 0 aromatic carbocycles. The van der Waals surface area contributed by atoms with Crippen molar-refractivity contribution in [3.8, 4) is 0 Å². The molecule has 0 rings (SSSR count). The summed E-state index contributed by atoms with van der Waals surface area (Å²) in [4.78, 5) is 32.4. The van der Waals surface area contributed by atoms with Crippen molar-refractivity contribution in [1.82, 2.24) is 0 Å². The molecule has 0 aliphatic carbocycles. The van der Waals surface area contributed by atoms with Gasteiger partial charge in [-0.15, -0.1) is 0 Å². The van der Waals surface area contributed by atoms with E-state index < -0.39 is 22.0 Å². The molecule has 0 N–H and O–H groups in total. The molecule has 0 fully saturated rings. The van der Waals surface area contributed by atoms with Crippen molar-refractivity contribution < 1.29 is 29.6 Å². The van der Waals surface area contributed by atoms with Gasteiger partial charge in [-0.3, -0.25) is 20.2 Å². The Morgan fingerprint density at radius 1 is 0.846 bits per heavy atom. The quantitative estimate of drug-likeness (QED) is 0.226. The van der Waals surface area contributed by atoms with Crippen molar-refractivity contribution in [3.63, 3.8) is 0 Å². The van der Waals surface area contributed by atoms with Crippen LogP contribution < -0.4 is 10.2 Å². The molecule has 68 valence electrons. The molecule has 2 amide bonds. The van der Waals surface area contributed by atoms with E-state index in [1.165, 1.54) is 0 Å². The molecule has 0 aliphatic heterocycles. The molecule has 0 unspecified atom stereocenters. The van der Waals surface area contributed by atoms with Crippen LogP contribution in [0, 0.1) is 20.2 Å². The van der Waals surface area contributed by atoms with Gasteiger partial charge in [0.15, 0.2) is 0 Å². The molecule has 0 aromatic heterocycles. The smallest absolute Gasteiger partial charge is 0.486 e. The third-order valence-corrected chi connectivity index (χ3v) is 0.298. The molecular formula is C2MgN2O8. The molecule has 0 radical (unpaired) electrons. The van der Waals surface area contributed by atoms with Crippen LogP contribution in [-0.4, -0.2) is 45.1 Å². The third kappa shape index (κ3) is 18.0. The number of carboxylic acid groups (broad SMARTS) is 2. The second kappa shape index (κ2) is 8.60. The predicted octanol–water partition coefficient (Wildman–Crippen LogP) is -3.17. The Kier molecular flexibility index (Phi) is 11.6. The van der Waals surface area contributed by atoms with Gasteiger partial charge in [0.2, 0.25) is 0 Å². The molecule has 10 nitrogen and oxygen atoms in total. The third-order valence-electron chi connectivity index (χ3n) is 0.298. The minimum Gasteiger partial charge on any atom is -0.486 e. The summed E-state index contributed by atoms with van der Waals surface area (Å²) in [6.07, 6.45) is -4.54. The van der Waals surface area contributed by atoms with E-state index in [0.29, 0.717) is 0 Å². The van der Waals surface area contributed by atoms with Gasteiger partial charge in [0, 0.05) is 0 Å². The molecule has 0 aromatic rings. The van der Waals surface area contributed by atoms with Crippen molar-refractivity contribution >= 4 is 35.2 Å². The number of carbonyl (C=O) groups excluding carboxylic acids is 2. The van der Waals surface area contributed by atoms with Gasteiger partial charge in [0.1, 0.15) is 0 Å². The number of rotatable bonds is 0. The number of hydrogen-bond acceptors (Lipinski definition) is 8. The van der Waals surface area contributed by atoms with Gasteiger partial charge in [0.25, 0.3) is 0 Å². The Morgan fingerprint density at radius 2 is 0.923 bits per heavy atom. The first kappa shape index (κ1) is 17.6. The van der Waals surface area contributed by atoms with Gasteiger partial charge in [-0.1, -0.05) is 0 Å². The summed E-state index contributed by atoms with van der Waals surface area (Å²) in [5.41, 5.74) is 0. The maximum Gasteiger partial charge on any atom is 2.00 e. The average Bonchev–Trinajstić information content (AvgIpc) is 1.88. The summed E-state index contributed by atoms with van der Waals surface area (Å²) >= 11 is 0. The maximum absolute atomic E-state index is 8.89. The minimum atomic E-state index is -2.27. The molecule has 13 heavy (non-hydrogen) atoms. The van der Waals surface area contributed by atoms with E-state index in [0.717, 1.165) is 0 Å². The van der Waals surface area contributed by atoms with E-state index in [9.17, 15) is 0 Å². The molecule has 0 aliphatic rings. The van der Waals surface area contributed by atoms with Crippen LogP contribution in [0.25, 0.3) is 0 Å². The van der Waals surface area contributed by atoms with Crippen molar-refractivity contribution in [3.05, 3.63) is 20.2 Å². The predicted molar refractivity (Wildman–Crippen MR) is 30.5 cm³/mol. The summed E-state index contributed by atoms with van der Waals surface area (Å²) in [6, 6.07) is 0. The number of nitrogens with zero attached hydrogens (tertiary/aromatic N) is 2. The first-order valence-electron chi connectivity index (χ1n) is 1.99. The molecule has 0 saturated heterocycles. The first-order chi connectivity index (χ1) is 5.29. The molecule has 0 bridgehead atoms. The Labute approximate surface area is 85.6 Å². The fraction of sp³-hybridized carbons (Fsp3) is 0. The summed E-state index contributed by atoms with van der Waals surface area (Å²) in [5.74, 6) is 0. The number of nitro groups is 2. The largest absolute Gasteiger partial charge is 2.00 e. The first-order valence-corrected chi connectivity index (χ1v) is 1.99. The summed E-state index contributed by atoms with van der Waals surface area (Å²) < 4.78 is 0. The van der Waals surface area contributed by atoms with Crippen LogP contribution in [0.3, 0.4) is 0 Å². The second-order valence-corrected chi connectivity index (χ2v) is 1.05. The van der Waals surface area contributed by atoms with Crippen LogP contribution >= 0.6 is 0 Å². The van der Waals surface area contributed by atoms with Crippen LogP contribution in [0.2, 0.25) is 0 Å². The molecular weight excluding hydrogens is 204 g/mol. The molecule has 11 heteroatoms. The van der Waals surface area contributed by atoms with Crippen molar-refractivity contribution in [2.24, 2.45) is 0 Å². The SMILES string of the molecule is O=C([O-])[N+](=O)[O-].O=C([O-])[N+](=O)[O-].[Mg+2]. The number of carbonyl (C=O) groups is 2. The Hall–Kier alpha value is -1.49. The summed E-state index contributed by atoms with van der Waals surface area (Å²) in [6.45, 7) is 0. The normalized spacial score (nSPS) is 6.77. The van der Waals surface area contributed by atoms with Crippen LogP contribution in [-0.2, 0) is 0 Å². The number of amides is 2. The van der Waals surface area contributed by atoms with E-state index in [-0.39, 0.29) is 23.1 Å². The van der Waals surface area contributed by atoms with Gasteiger partial charge in [-0.05, 0) is 0 Å². The average molecular weight is 204 g/mol. The molecule has 0 saturated carbocycles. The minimum absolute atomic E-state index is 0. The van der Waals surface area contributed by atoms with E-state index in [2.05, 4.69) is 0 Å². The summed E-state index contributed by atoms with van der Waals surface area (Å²) in [5, 5.41) is 35.5. The van der Waals surface area contributed by atoms with Crippen LogP contribution in [0.4, 0.5) is 9.59 Å². The maximum atomic E-state index is 8.89.